The molecule has 1 aromatic heterocycles. The van der Waals surface area contributed by atoms with Gasteiger partial charge in [-0.3, -0.25) is 4.79 Å². The van der Waals surface area contributed by atoms with Crippen LogP contribution in [0, 0.1) is 6.92 Å². The third-order valence-corrected chi connectivity index (χ3v) is 4.31. The minimum atomic E-state index is -0.217. The van der Waals surface area contributed by atoms with Crippen LogP contribution in [0.3, 0.4) is 0 Å². The van der Waals surface area contributed by atoms with E-state index in [2.05, 4.69) is 45.4 Å². The third kappa shape index (κ3) is 4.31. The molecular weight excluding hydrogens is 342 g/mol. The Balaban J connectivity index is 2.04. The molecule has 1 aromatic carbocycles. The van der Waals surface area contributed by atoms with Gasteiger partial charge in [0.25, 0.3) is 5.91 Å². The van der Waals surface area contributed by atoms with E-state index in [1.807, 2.05) is 31.2 Å². The highest BCUT2D eigenvalue weighted by atomic mass is 79.9. The average molecular weight is 362 g/mol. The van der Waals surface area contributed by atoms with E-state index in [0.29, 0.717) is 11.7 Å². The van der Waals surface area contributed by atoms with E-state index in [0.717, 1.165) is 27.8 Å². The first-order chi connectivity index (χ1) is 10.5. The number of rotatable bonds is 5. The van der Waals surface area contributed by atoms with Gasteiger partial charge < -0.3 is 10.6 Å². The van der Waals surface area contributed by atoms with Gasteiger partial charge >= 0.3 is 0 Å². The van der Waals surface area contributed by atoms with Gasteiger partial charge in [0.05, 0.1) is 11.9 Å². The van der Waals surface area contributed by atoms with Crippen LogP contribution in [0.25, 0.3) is 0 Å². The Morgan fingerprint density at radius 3 is 2.59 bits per heavy atom. The van der Waals surface area contributed by atoms with Crippen LogP contribution in [0.4, 0.5) is 11.4 Å². The molecule has 0 saturated carbocycles. The van der Waals surface area contributed by atoms with Gasteiger partial charge in [0.15, 0.2) is 0 Å². The molecule has 0 radical (unpaired) electrons. The Morgan fingerprint density at radius 1 is 1.27 bits per heavy atom. The number of carbonyl (C=O) groups excluding carboxylic acids is 1. The summed E-state index contributed by atoms with van der Waals surface area (Å²) in [6, 6.07) is 9.68. The standard InChI is InChI=1S/C17H20BrN3O/c1-4-12(3)20-14-7-8-16(19-10-14)17(22)21-13-6-5-11(2)15(18)9-13/h5-10,12,20H,4H2,1-3H3,(H,21,22). The average Bonchev–Trinajstić information content (AvgIpc) is 2.51. The van der Waals surface area contributed by atoms with Crippen molar-refractivity contribution in [3.05, 3.63) is 52.3 Å². The van der Waals surface area contributed by atoms with E-state index < -0.39 is 0 Å². The number of hydrogen-bond donors (Lipinski definition) is 2. The predicted molar refractivity (Wildman–Crippen MR) is 94.4 cm³/mol. The van der Waals surface area contributed by atoms with E-state index in [-0.39, 0.29) is 5.91 Å². The highest BCUT2D eigenvalue weighted by Gasteiger charge is 2.09. The summed E-state index contributed by atoms with van der Waals surface area (Å²) in [4.78, 5) is 16.4. The second kappa shape index (κ2) is 7.40. The zero-order valence-electron chi connectivity index (χ0n) is 13.0. The van der Waals surface area contributed by atoms with Gasteiger partial charge in [0.1, 0.15) is 5.69 Å². The molecule has 2 aromatic rings. The van der Waals surface area contributed by atoms with E-state index >= 15 is 0 Å². The van der Waals surface area contributed by atoms with Crippen LogP contribution >= 0.6 is 15.9 Å². The van der Waals surface area contributed by atoms with Gasteiger partial charge in [-0.05, 0) is 50.1 Å². The zero-order chi connectivity index (χ0) is 16.1. The summed E-state index contributed by atoms with van der Waals surface area (Å²) in [6.45, 7) is 6.22. The molecule has 2 rings (SSSR count). The van der Waals surface area contributed by atoms with Gasteiger partial charge in [-0.1, -0.05) is 28.9 Å². The summed E-state index contributed by atoms with van der Waals surface area (Å²) in [7, 11) is 0. The van der Waals surface area contributed by atoms with E-state index in [1.54, 1.807) is 12.3 Å². The van der Waals surface area contributed by atoms with Crippen LogP contribution in [0.5, 0.6) is 0 Å². The molecule has 1 atom stereocenters. The zero-order valence-corrected chi connectivity index (χ0v) is 14.6. The molecule has 22 heavy (non-hydrogen) atoms. The lowest BCUT2D eigenvalue weighted by Gasteiger charge is -2.12. The molecule has 0 saturated heterocycles. The first kappa shape index (κ1) is 16.5. The summed E-state index contributed by atoms with van der Waals surface area (Å²) in [5.41, 5.74) is 3.18. The highest BCUT2D eigenvalue weighted by Crippen LogP contribution is 2.21. The van der Waals surface area contributed by atoms with Gasteiger partial charge in [-0.25, -0.2) is 4.98 Å². The van der Waals surface area contributed by atoms with Crippen molar-refractivity contribution in [2.45, 2.75) is 33.2 Å². The first-order valence-electron chi connectivity index (χ1n) is 7.29. The number of nitrogens with one attached hydrogen (secondary N) is 2. The molecule has 0 aliphatic heterocycles. The van der Waals surface area contributed by atoms with Crippen molar-refractivity contribution in [1.29, 1.82) is 0 Å². The smallest absolute Gasteiger partial charge is 0.274 e. The van der Waals surface area contributed by atoms with Gasteiger partial charge in [-0.2, -0.15) is 0 Å². The molecule has 2 N–H and O–H groups in total. The normalized spacial score (nSPS) is 11.8. The van der Waals surface area contributed by atoms with Crippen molar-refractivity contribution in [3.63, 3.8) is 0 Å². The van der Waals surface area contributed by atoms with Crippen molar-refractivity contribution < 1.29 is 4.79 Å². The Bertz CT molecular complexity index is 655. The van der Waals surface area contributed by atoms with Gasteiger partial charge in [-0.15, -0.1) is 0 Å². The molecule has 0 fully saturated rings. The minimum Gasteiger partial charge on any atom is -0.381 e. The van der Waals surface area contributed by atoms with Crippen LogP contribution in [0.2, 0.25) is 0 Å². The summed E-state index contributed by atoms with van der Waals surface area (Å²) in [6.07, 6.45) is 2.72. The lowest BCUT2D eigenvalue weighted by molar-refractivity contribution is 0.102. The number of carbonyl (C=O) groups is 1. The largest absolute Gasteiger partial charge is 0.381 e. The van der Waals surface area contributed by atoms with Crippen LogP contribution < -0.4 is 10.6 Å². The SMILES string of the molecule is CCC(C)Nc1ccc(C(=O)Nc2ccc(C)c(Br)c2)nc1. The molecular formula is C17H20BrN3O. The quantitative estimate of drug-likeness (QED) is 0.816. The fourth-order valence-electron chi connectivity index (χ4n) is 1.87. The number of anilines is 2. The highest BCUT2D eigenvalue weighted by molar-refractivity contribution is 9.10. The van der Waals surface area contributed by atoms with Crippen LogP contribution in [0.15, 0.2) is 41.0 Å². The number of halogens is 1. The minimum absolute atomic E-state index is 0.217. The van der Waals surface area contributed by atoms with Crippen LogP contribution in [-0.2, 0) is 0 Å². The summed E-state index contributed by atoms with van der Waals surface area (Å²) in [5.74, 6) is -0.217. The summed E-state index contributed by atoms with van der Waals surface area (Å²) in [5, 5.41) is 6.17. The summed E-state index contributed by atoms with van der Waals surface area (Å²) >= 11 is 3.46. The molecule has 4 nitrogen and oxygen atoms in total. The molecule has 1 unspecified atom stereocenters. The van der Waals surface area contributed by atoms with E-state index in [4.69, 9.17) is 0 Å². The first-order valence-corrected chi connectivity index (χ1v) is 8.09. The maximum atomic E-state index is 12.2. The monoisotopic (exact) mass is 361 g/mol. The number of amides is 1. The molecule has 0 aliphatic rings. The molecule has 0 bridgehead atoms. The fraction of sp³-hybridized carbons (Fsp3) is 0.294. The Kier molecular flexibility index (Phi) is 5.55. The molecule has 0 spiro atoms. The molecule has 1 heterocycles. The Hall–Kier alpha value is -1.88. The van der Waals surface area contributed by atoms with Crippen molar-refractivity contribution >= 4 is 33.2 Å². The van der Waals surface area contributed by atoms with Crippen molar-refractivity contribution in [1.82, 2.24) is 4.98 Å². The second-order valence-corrected chi connectivity index (χ2v) is 6.16. The molecule has 0 aliphatic carbocycles. The number of pyridine rings is 1. The van der Waals surface area contributed by atoms with E-state index in [9.17, 15) is 4.79 Å². The second-order valence-electron chi connectivity index (χ2n) is 5.30. The van der Waals surface area contributed by atoms with E-state index in [1.165, 1.54) is 0 Å². The Morgan fingerprint density at radius 2 is 2.00 bits per heavy atom. The van der Waals surface area contributed by atoms with Gasteiger partial charge in [0.2, 0.25) is 0 Å². The molecule has 1 amide bonds. The number of nitrogens with zero attached hydrogens (tertiary/aromatic N) is 1. The van der Waals surface area contributed by atoms with Crippen molar-refractivity contribution in [2.75, 3.05) is 10.6 Å². The lowest BCUT2D eigenvalue weighted by atomic mass is 10.2. The molecule has 116 valence electrons. The topological polar surface area (TPSA) is 54.0 Å². The third-order valence-electron chi connectivity index (χ3n) is 3.45. The van der Waals surface area contributed by atoms with Crippen LogP contribution in [0.1, 0.15) is 36.3 Å². The Labute approximate surface area is 139 Å². The van der Waals surface area contributed by atoms with Crippen molar-refractivity contribution in [2.24, 2.45) is 0 Å². The number of benzene rings is 1. The lowest BCUT2D eigenvalue weighted by Crippen LogP contribution is -2.16. The fourth-order valence-corrected chi connectivity index (χ4v) is 2.24. The maximum Gasteiger partial charge on any atom is 0.274 e. The predicted octanol–water partition coefficient (Wildman–Crippen LogP) is 4.62. The number of aromatic nitrogens is 1. The van der Waals surface area contributed by atoms with Crippen LogP contribution in [-0.4, -0.2) is 16.9 Å². The van der Waals surface area contributed by atoms with Crippen molar-refractivity contribution in [3.8, 4) is 0 Å². The van der Waals surface area contributed by atoms with Gasteiger partial charge in [0, 0.05) is 16.2 Å². The number of aryl methyl sites for hydroxylation is 1. The maximum absolute atomic E-state index is 12.2. The summed E-state index contributed by atoms with van der Waals surface area (Å²) < 4.78 is 0.964. The molecule has 5 heteroatoms. The number of hydrogen-bond acceptors (Lipinski definition) is 3.